The molecule has 0 aromatic heterocycles. The van der Waals surface area contributed by atoms with Gasteiger partial charge in [-0.2, -0.15) is 0 Å². The Balaban J connectivity index is 1.98. The fraction of sp³-hybridized carbons (Fsp3) is 1.00. The van der Waals surface area contributed by atoms with Gasteiger partial charge in [0.25, 0.3) is 0 Å². The van der Waals surface area contributed by atoms with Gasteiger partial charge in [0.1, 0.15) is 0 Å². The highest BCUT2D eigenvalue weighted by molar-refractivity contribution is 4.95. The topological polar surface area (TPSA) is 49.5 Å². The maximum absolute atomic E-state index is 9.52. The van der Waals surface area contributed by atoms with Crippen LogP contribution in [0, 0.1) is 0 Å². The Labute approximate surface area is 92.6 Å². The van der Waals surface area contributed by atoms with E-state index in [2.05, 4.69) is 4.90 Å². The fourth-order valence-corrected chi connectivity index (χ4v) is 3.20. The van der Waals surface area contributed by atoms with Gasteiger partial charge in [-0.3, -0.25) is 4.90 Å². The summed E-state index contributed by atoms with van der Waals surface area (Å²) in [5.74, 6) is 0. The lowest BCUT2D eigenvalue weighted by atomic mass is 9.79. The second-order valence-corrected chi connectivity index (χ2v) is 5.21. The van der Waals surface area contributed by atoms with E-state index in [0.717, 1.165) is 32.5 Å². The van der Waals surface area contributed by atoms with Crippen LogP contribution in [0.1, 0.15) is 44.9 Å². The molecule has 0 radical (unpaired) electrons. The summed E-state index contributed by atoms with van der Waals surface area (Å²) < 4.78 is 0. The molecular formula is C12H24N2O. The molecule has 0 atom stereocenters. The molecule has 2 aliphatic rings. The van der Waals surface area contributed by atoms with Crippen molar-refractivity contribution in [2.24, 2.45) is 5.73 Å². The number of hydrogen-bond acceptors (Lipinski definition) is 3. The molecule has 2 rings (SSSR count). The van der Waals surface area contributed by atoms with Crippen molar-refractivity contribution in [1.82, 2.24) is 4.90 Å². The molecule has 0 unspecified atom stereocenters. The van der Waals surface area contributed by atoms with Crippen LogP contribution in [0.25, 0.3) is 0 Å². The fourth-order valence-electron chi connectivity index (χ4n) is 3.20. The van der Waals surface area contributed by atoms with Gasteiger partial charge in [-0.05, 0) is 25.7 Å². The van der Waals surface area contributed by atoms with Crippen molar-refractivity contribution >= 4 is 0 Å². The highest BCUT2D eigenvalue weighted by atomic mass is 16.3. The van der Waals surface area contributed by atoms with Crippen LogP contribution in [0.5, 0.6) is 0 Å². The lowest BCUT2D eigenvalue weighted by Crippen LogP contribution is -2.57. The second-order valence-electron chi connectivity index (χ2n) is 5.21. The number of piperidine rings is 1. The van der Waals surface area contributed by atoms with Crippen molar-refractivity contribution in [2.45, 2.75) is 56.6 Å². The number of aliphatic hydroxyl groups is 1. The molecule has 1 heterocycles. The third kappa shape index (κ3) is 2.35. The smallest absolute Gasteiger partial charge is 0.0564 e. The molecule has 1 aliphatic carbocycles. The summed E-state index contributed by atoms with van der Waals surface area (Å²) in [5, 5.41) is 9.52. The summed E-state index contributed by atoms with van der Waals surface area (Å²) in [5.41, 5.74) is 6.28. The Morgan fingerprint density at radius 2 is 1.73 bits per heavy atom. The van der Waals surface area contributed by atoms with Crippen LogP contribution in [-0.4, -0.2) is 41.3 Å². The average molecular weight is 212 g/mol. The minimum absolute atomic E-state index is 0.0698. The van der Waals surface area contributed by atoms with Crippen molar-refractivity contribution < 1.29 is 5.11 Å². The second kappa shape index (κ2) is 4.81. The van der Waals surface area contributed by atoms with E-state index in [1.807, 2.05) is 0 Å². The zero-order valence-corrected chi connectivity index (χ0v) is 9.62. The first kappa shape index (κ1) is 11.4. The number of hydrogen-bond donors (Lipinski definition) is 2. The van der Waals surface area contributed by atoms with Crippen molar-refractivity contribution in [3.63, 3.8) is 0 Å². The zero-order valence-electron chi connectivity index (χ0n) is 9.62. The molecule has 1 aliphatic heterocycles. The van der Waals surface area contributed by atoms with Crippen molar-refractivity contribution in [2.75, 3.05) is 19.6 Å². The summed E-state index contributed by atoms with van der Waals surface area (Å²) in [4.78, 5) is 2.55. The van der Waals surface area contributed by atoms with Crippen molar-refractivity contribution in [3.05, 3.63) is 0 Å². The largest absolute Gasteiger partial charge is 0.393 e. The Kier molecular flexibility index (Phi) is 3.65. The molecule has 0 aromatic carbocycles. The molecule has 0 amide bonds. The molecule has 0 bridgehead atoms. The van der Waals surface area contributed by atoms with Crippen LogP contribution in [-0.2, 0) is 0 Å². The Bertz CT molecular complexity index is 194. The molecule has 88 valence electrons. The quantitative estimate of drug-likeness (QED) is 0.721. The monoisotopic (exact) mass is 212 g/mol. The van der Waals surface area contributed by atoms with E-state index in [1.54, 1.807) is 0 Å². The first-order valence-corrected chi connectivity index (χ1v) is 6.40. The zero-order chi connectivity index (χ0) is 10.7. The van der Waals surface area contributed by atoms with Crippen molar-refractivity contribution in [3.8, 4) is 0 Å². The predicted molar refractivity (Wildman–Crippen MR) is 61.7 cm³/mol. The molecule has 3 nitrogen and oxygen atoms in total. The Hall–Kier alpha value is -0.120. The maximum Gasteiger partial charge on any atom is 0.0564 e. The summed E-state index contributed by atoms with van der Waals surface area (Å²) in [7, 11) is 0. The molecule has 15 heavy (non-hydrogen) atoms. The number of nitrogens with zero attached hydrogens (tertiary/aromatic N) is 1. The molecular weight excluding hydrogens is 188 g/mol. The lowest BCUT2D eigenvalue weighted by molar-refractivity contribution is -0.0000199. The van der Waals surface area contributed by atoms with Gasteiger partial charge in [0.2, 0.25) is 0 Å². The summed E-state index contributed by atoms with van der Waals surface area (Å²) in [6.45, 7) is 2.87. The summed E-state index contributed by atoms with van der Waals surface area (Å²) in [6, 6.07) is 0. The number of likely N-dealkylation sites (tertiary alicyclic amines) is 1. The van der Waals surface area contributed by atoms with Crippen LogP contribution < -0.4 is 5.73 Å². The normalized spacial score (nSPS) is 29.2. The van der Waals surface area contributed by atoms with Crippen LogP contribution in [0.4, 0.5) is 0 Å². The first-order valence-electron chi connectivity index (χ1n) is 6.40. The van der Waals surface area contributed by atoms with Gasteiger partial charge in [0.05, 0.1) is 6.10 Å². The van der Waals surface area contributed by atoms with E-state index in [9.17, 15) is 5.11 Å². The molecule has 1 saturated carbocycles. The molecule has 0 aromatic rings. The summed E-state index contributed by atoms with van der Waals surface area (Å²) >= 11 is 0. The van der Waals surface area contributed by atoms with E-state index >= 15 is 0 Å². The van der Waals surface area contributed by atoms with E-state index in [0.29, 0.717) is 0 Å². The van der Waals surface area contributed by atoms with E-state index in [1.165, 1.54) is 32.1 Å². The minimum Gasteiger partial charge on any atom is -0.393 e. The van der Waals surface area contributed by atoms with Gasteiger partial charge < -0.3 is 10.8 Å². The molecule has 3 N–H and O–H groups in total. The van der Waals surface area contributed by atoms with Gasteiger partial charge >= 0.3 is 0 Å². The highest BCUT2D eigenvalue weighted by Gasteiger charge is 2.37. The SMILES string of the molecule is NCC1(N2CCC(O)CC2)CCCCC1. The molecule has 3 heteroatoms. The number of aliphatic hydroxyl groups excluding tert-OH is 1. The predicted octanol–water partition coefficient (Wildman–Crippen LogP) is 1.10. The lowest BCUT2D eigenvalue weighted by Gasteiger charge is -2.48. The minimum atomic E-state index is -0.0698. The van der Waals surface area contributed by atoms with Gasteiger partial charge in [-0.1, -0.05) is 19.3 Å². The third-order valence-electron chi connectivity index (χ3n) is 4.30. The third-order valence-corrected chi connectivity index (χ3v) is 4.30. The van der Waals surface area contributed by atoms with Crippen LogP contribution in [0.2, 0.25) is 0 Å². The van der Waals surface area contributed by atoms with Gasteiger partial charge in [-0.15, -0.1) is 0 Å². The average Bonchev–Trinajstić information content (AvgIpc) is 2.31. The molecule has 0 spiro atoms. The van der Waals surface area contributed by atoms with E-state index in [4.69, 9.17) is 5.73 Å². The van der Waals surface area contributed by atoms with Crippen LogP contribution >= 0.6 is 0 Å². The number of nitrogens with two attached hydrogens (primary N) is 1. The molecule has 2 fully saturated rings. The maximum atomic E-state index is 9.52. The van der Waals surface area contributed by atoms with E-state index in [-0.39, 0.29) is 11.6 Å². The number of rotatable bonds is 2. The van der Waals surface area contributed by atoms with Gasteiger partial charge in [0.15, 0.2) is 0 Å². The van der Waals surface area contributed by atoms with E-state index < -0.39 is 0 Å². The first-order chi connectivity index (χ1) is 7.27. The van der Waals surface area contributed by atoms with Crippen LogP contribution in [0.3, 0.4) is 0 Å². The highest BCUT2D eigenvalue weighted by Crippen LogP contribution is 2.34. The van der Waals surface area contributed by atoms with Crippen molar-refractivity contribution in [1.29, 1.82) is 0 Å². The Morgan fingerprint density at radius 1 is 1.13 bits per heavy atom. The standard InChI is InChI=1S/C12H24N2O/c13-10-12(6-2-1-3-7-12)14-8-4-11(15)5-9-14/h11,15H,1-10,13H2. The van der Waals surface area contributed by atoms with Crippen LogP contribution in [0.15, 0.2) is 0 Å². The van der Waals surface area contributed by atoms with Gasteiger partial charge in [-0.25, -0.2) is 0 Å². The van der Waals surface area contributed by atoms with Gasteiger partial charge in [0, 0.05) is 25.2 Å². The molecule has 1 saturated heterocycles. The summed E-state index contributed by atoms with van der Waals surface area (Å²) in [6.07, 6.45) is 8.35. The Morgan fingerprint density at radius 3 is 2.27 bits per heavy atom.